The number of carbonyl (C=O) groups is 1. The lowest BCUT2D eigenvalue weighted by atomic mass is 10.1. The maximum atomic E-state index is 12.8. The minimum atomic E-state index is 0.185. The summed E-state index contributed by atoms with van der Waals surface area (Å²) in [5.41, 5.74) is 2.15. The SMILES string of the molecule is O=C(Cc1c[nH]c2ccccc12)N1CCN(c2ccc(N3CCCC3)nn2)CC1. The number of carbonyl (C=O) groups excluding carboxylic acids is 1. The topological polar surface area (TPSA) is 68.4 Å². The molecule has 0 radical (unpaired) electrons. The zero-order valence-electron chi connectivity index (χ0n) is 16.5. The van der Waals surface area contributed by atoms with Gasteiger partial charge in [-0.15, -0.1) is 10.2 Å². The Kier molecular flexibility index (Phi) is 4.79. The highest BCUT2D eigenvalue weighted by Gasteiger charge is 2.23. The molecule has 0 saturated carbocycles. The summed E-state index contributed by atoms with van der Waals surface area (Å²) in [6.07, 6.45) is 4.86. The molecule has 1 aromatic carbocycles. The Labute approximate surface area is 170 Å². The zero-order chi connectivity index (χ0) is 19.6. The lowest BCUT2D eigenvalue weighted by Gasteiger charge is -2.35. The minimum absolute atomic E-state index is 0.185. The molecule has 0 atom stereocenters. The smallest absolute Gasteiger partial charge is 0.227 e. The summed E-state index contributed by atoms with van der Waals surface area (Å²) in [5.74, 6) is 2.06. The number of hydrogen-bond donors (Lipinski definition) is 1. The predicted octanol–water partition coefficient (Wildman–Crippen LogP) is 2.45. The number of anilines is 2. The number of aromatic nitrogens is 3. The molecule has 3 aromatic rings. The average Bonchev–Trinajstić information content (AvgIpc) is 3.45. The van der Waals surface area contributed by atoms with Crippen LogP contribution in [0.3, 0.4) is 0 Å². The molecule has 1 N–H and O–H groups in total. The molecule has 1 amide bonds. The predicted molar refractivity (Wildman–Crippen MR) is 114 cm³/mol. The van der Waals surface area contributed by atoms with E-state index in [9.17, 15) is 4.79 Å². The standard InChI is InChI=1S/C22H26N6O/c29-22(15-17-16-23-19-6-2-1-5-18(17)19)28-13-11-27(12-14-28)21-8-7-20(24-25-21)26-9-3-4-10-26/h1-2,5-8,16,23H,3-4,9-15H2. The number of fused-ring (bicyclic) bond motifs is 1. The van der Waals surface area contributed by atoms with Crippen molar-refractivity contribution in [2.45, 2.75) is 19.3 Å². The van der Waals surface area contributed by atoms with Crippen LogP contribution in [0.2, 0.25) is 0 Å². The summed E-state index contributed by atoms with van der Waals surface area (Å²) < 4.78 is 0. The van der Waals surface area contributed by atoms with Gasteiger partial charge >= 0.3 is 0 Å². The number of aromatic amines is 1. The van der Waals surface area contributed by atoms with Crippen LogP contribution in [0, 0.1) is 0 Å². The largest absolute Gasteiger partial charge is 0.361 e. The van der Waals surface area contributed by atoms with Gasteiger partial charge < -0.3 is 19.7 Å². The third-order valence-electron chi connectivity index (χ3n) is 6.04. The van der Waals surface area contributed by atoms with Crippen molar-refractivity contribution in [3.8, 4) is 0 Å². The van der Waals surface area contributed by atoms with E-state index in [4.69, 9.17) is 0 Å². The van der Waals surface area contributed by atoms with Crippen molar-refractivity contribution in [1.82, 2.24) is 20.1 Å². The van der Waals surface area contributed by atoms with Crippen molar-refractivity contribution in [3.63, 3.8) is 0 Å². The lowest BCUT2D eigenvalue weighted by molar-refractivity contribution is -0.130. The summed E-state index contributed by atoms with van der Waals surface area (Å²) in [5, 5.41) is 9.99. The molecule has 2 aliphatic heterocycles. The van der Waals surface area contributed by atoms with Gasteiger partial charge in [0.1, 0.15) is 0 Å². The van der Waals surface area contributed by atoms with E-state index in [0.717, 1.165) is 67.4 Å². The molecular weight excluding hydrogens is 364 g/mol. The molecule has 0 bridgehead atoms. The fourth-order valence-corrected chi connectivity index (χ4v) is 4.34. The summed E-state index contributed by atoms with van der Waals surface area (Å²) in [6.45, 7) is 5.17. The van der Waals surface area contributed by atoms with Crippen LogP contribution in [0.5, 0.6) is 0 Å². The molecule has 2 saturated heterocycles. The Bertz CT molecular complexity index is 984. The van der Waals surface area contributed by atoms with Gasteiger partial charge in [0.05, 0.1) is 6.42 Å². The molecular formula is C22H26N6O. The van der Waals surface area contributed by atoms with Crippen LogP contribution in [0.4, 0.5) is 11.6 Å². The van der Waals surface area contributed by atoms with Crippen molar-refractivity contribution in [1.29, 1.82) is 0 Å². The van der Waals surface area contributed by atoms with Crippen LogP contribution in [0.1, 0.15) is 18.4 Å². The van der Waals surface area contributed by atoms with Crippen molar-refractivity contribution in [2.24, 2.45) is 0 Å². The van der Waals surface area contributed by atoms with Gasteiger partial charge in [-0.05, 0) is 36.6 Å². The van der Waals surface area contributed by atoms with Gasteiger partial charge in [0, 0.05) is 56.4 Å². The van der Waals surface area contributed by atoms with Gasteiger partial charge in [0.15, 0.2) is 11.6 Å². The number of piperazine rings is 1. The van der Waals surface area contributed by atoms with Gasteiger partial charge in [0.25, 0.3) is 0 Å². The first kappa shape index (κ1) is 18.0. The van der Waals surface area contributed by atoms with Gasteiger partial charge in [-0.2, -0.15) is 0 Å². The summed E-state index contributed by atoms with van der Waals surface area (Å²) >= 11 is 0. The van der Waals surface area contributed by atoms with E-state index < -0.39 is 0 Å². The lowest BCUT2D eigenvalue weighted by Crippen LogP contribution is -2.49. The Morgan fingerprint density at radius 2 is 1.52 bits per heavy atom. The third-order valence-corrected chi connectivity index (χ3v) is 6.04. The highest BCUT2D eigenvalue weighted by Crippen LogP contribution is 2.21. The molecule has 2 aromatic heterocycles. The normalized spacial score (nSPS) is 17.3. The fraction of sp³-hybridized carbons (Fsp3) is 0.409. The number of nitrogens with zero attached hydrogens (tertiary/aromatic N) is 5. The molecule has 0 aliphatic carbocycles. The van der Waals surface area contributed by atoms with Crippen molar-refractivity contribution >= 4 is 28.4 Å². The van der Waals surface area contributed by atoms with E-state index in [1.807, 2.05) is 29.3 Å². The second-order valence-electron chi connectivity index (χ2n) is 7.85. The number of amides is 1. The van der Waals surface area contributed by atoms with E-state index in [1.54, 1.807) is 0 Å². The van der Waals surface area contributed by atoms with Crippen molar-refractivity contribution in [3.05, 3.63) is 48.2 Å². The van der Waals surface area contributed by atoms with Gasteiger partial charge in [-0.3, -0.25) is 4.79 Å². The average molecular weight is 390 g/mol. The maximum absolute atomic E-state index is 12.8. The van der Waals surface area contributed by atoms with Gasteiger partial charge in [-0.1, -0.05) is 18.2 Å². The van der Waals surface area contributed by atoms with Crippen LogP contribution in [-0.4, -0.2) is 65.3 Å². The molecule has 7 heteroatoms. The van der Waals surface area contributed by atoms with E-state index in [1.165, 1.54) is 12.8 Å². The Balaban J connectivity index is 1.18. The molecule has 0 unspecified atom stereocenters. The van der Waals surface area contributed by atoms with Gasteiger partial charge in [-0.25, -0.2) is 0 Å². The van der Waals surface area contributed by atoms with Crippen LogP contribution >= 0.6 is 0 Å². The third kappa shape index (κ3) is 3.64. The van der Waals surface area contributed by atoms with Crippen LogP contribution in [0.25, 0.3) is 10.9 Å². The van der Waals surface area contributed by atoms with Crippen LogP contribution in [-0.2, 0) is 11.2 Å². The number of H-pyrrole nitrogens is 1. The molecule has 2 fully saturated rings. The van der Waals surface area contributed by atoms with E-state index in [-0.39, 0.29) is 5.91 Å². The highest BCUT2D eigenvalue weighted by molar-refractivity contribution is 5.89. The zero-order valence-corrected chi connectivity index (χ0v) is 16.5. The Morgan fingerprint density at radius 3 is 2.21 bits per heavy atom. The first-order chi connectivity index (χ1) is 14.3. The first-order valence-corrected chi connectivity index (χ1v) is 10.4. The summed E-state index contributed by atoms with van der Waals surface area (Å²) in [6, 6.07) is 12.3. The number of hydrogen-bond acceptors (Lipinski definition) is 5. The minimum Gasteiger partial charge on any atom is -0.361 e. The molecule has 2 aliphatic rings. The molecule has 5 rings (SSSR count). The molecule has 7 nitrogen and oxygen atoms in total. The Hall–Kier alpha value is -3.09. The number of para-hydroxylation sites is 1. The van der Waals surface area contributed by atoms with E-state index in [2.05, 4.69) is 43.2 Å². The Morgan fingerprint density at radius 1 is 0.862 bits per heavy atom. The number of benzene rings is 1. The second-order valence-corrected chi connectivity index (χ2v) is 7.85. The quantitative estimate of drug-likeness (QED) is 0.741. The summed E-state index contributed by atoms with van der Waals surface area (Å²) in [4.78, 5) is 22.5. The number of nitrogens with one attached hydrogen (secondary N) is 1. The highest BCUT2D eigenvalue weighted by atomic mass is 16.2. The molecule has 4 heterocycles. The number of rotatable bonds is 4. The first-order valence-electron chi connectivity index (χ1n) is 10.4. The molecule has 150 valence electrons. The van der Waals surface area contributed by atoms with E-state index >= 15 is 0 Å². The maximum Gasteiger partial charge on any atom is 0.227 e. The second kappa shape index (κ2) is 7.73. The van der Waals surface area contributed by atoms with Gasteiger partial charge in [0.2, 0.25) is 5.91 Å². The van der Waals surface area contributed by atoms with Crippen LogP contribution in [0.15, 0.2) is 42.6 Å². The molecule has 0 spiro atoms. The molecule has 29 heavy (non-hydrogen) atoms. The fourth-order valence-electron chi connectivity index (χ4n) is 4.34. The van der Waals surface area contributed by atoms with Crippen molar-refractivity contribution in [2.75, 3.05) is 49.1 Å². The van der Waals surface area contributed by atoms with Crippen LogP contribution < -0.4 is 9.80 Å². The summed E-state index contributed by atoms with van der Waals surface area (Å²) in [7, 11) is 0. The van der Waals surface area contributed by atoms with E-state index in [0.29, 0.717) is 6.42 Å². The van der Waals surface area contributed by atoms with Crippen molar-refractivity contribution < 1.29 is 4.79 Å². The monoisotopic (exact) mass is 390 g/mol.